The molecule has 108 valence electrons. The minimum absolute atomic E-state index is 0.0702. The molecule has 21 heavy (non-hydrogen) atoms. The van der Waals surface area contributed by atoms with E-state index in [1.807, 2.05) is 49.4 Å². The van der Waals surface area contributed by atoms with Crippen LogP contribution in [0.5, 0.6) is 5.75 Å². The van der Waals surface area contributed by atoms with Crippen LogP contribution in [0.4, 0.5) is 0 Å². The molecule has 0 radical (unpaired) electrons. The molecule has 4 nitrogen and oxygen atoms in total. The van der Waals surface area contributed by atoms with Crippen LogP contribution in [-0.2, 0) is 4.79 Å². The van der Waals surface area contributed by atoms with Crippen molar-refractivity contribution in [1.29, 1.82) is 0 Å². The molecule has 0 heterocycles. The van der Waals surface area contributed by atoms with Crippen LogP contribution in [0.1, 0.15) is 12.5 Å². The summed E-state index contributed by atoms with van der Waals surface area (Å²) < 4.78 is 6.30. The molecular formula is C16H15BrN2O2. The van der Waals surface area contributed by atoms with Crippen molar-refractivity contribution in [2.24, 2.45) is 5.10 Å². The Hall–Kier alpha value is -2.14. The molecule has 2 aromatic rings. The average Bonchev–Trinajstić information content (AvgIpc) is 2.51. The molecule has 0 fully saturated rings. The topological polar surface area (TPSA) is 50.7 Å². The molecule has 0 unspecified atom stereocenters. The number of amides is 1. The lowest BCUT2D eigenvalue weighted by Crippen LogP contribution is -2.25. The Labute approximate surface area is 132 Å². The number of nitrogens with zero attached hydrogens (tertiary/aromatic N) is 1. The number of para-hydroxylation sites is 1. The van der Waals surface area contributed by atoms with Crippen LogP contribution in [0.2, 0.25) is 0 Å². The quantitative estimate of drug-likeness (QED) is 0.666. The summed E-state index contributed by atoms with van der Waals surface area (Å²) in [5, 5.41) is 4.06. The fourth-order valence-corrected chi connectivity index (χ4v) is 2.02. The average molecular weight is 347 g/mol. The lowest BCUT2D eigenvalue weighted by atomic mass is 10.1. The molecule has 0 aromatic heterocycles. The van der Waals surface area contributed by atoms with Gasteiger partial charge in [-0.1, -0.05) is 46.3 Å². The normalized spacial score (nSPS) is 11.0. The van der Waals surface area contributed by atoms with Crippen LogP contribution in [0.3, 0.4) is 0 Å². The van der Waals surface area contributed by atoms with E-state index < -0.39 is 0 Å². The van der Waals surface area contributed by atoms with E-state index >= 15 is 0 Å². The van der Waals surface area contributed by atoms with E-state index in [1.165, 1.54) is 0 Å². The van der Waals surface area contributed by atoms with E-state index in [9.17, 15) is 4.79 Å². The smallest absolute Gasteiger partial charge is 0.277 e. The van der Waals surface area contributed by atoms with E-state index in [-0.39, 0.29) is 12.5 Å². The molecule has 0 saturated heterocycles. The third kappa shape index (κ3) is 5.04. The SMILES string of the molecule is CC(=NNC(=O)COc1ccccc1)c1cccc(Br)c1. The first kappa shape index (κ1) is 15.3. The summed E-state index contributed by atoms with van der Waals surface area (Å²) in [6.07, 6.45) is 0. The second-order valence-corrected chi connectivity index (χ2v) is 5.26. The van der Waals surface area contributed by atoms with Crippen molar-refractivity contribution in [2.75, 3.05) is 6.61 Å². The van der Waals surface area contributed by atoms with Gasteiger partial charge in [-0.15, -0.1) is 0 Å². The lowest BCUT2D eigenvalue weighted by Gasteiger charge is -2.05. The number of rotatable bonds is 5. The highest BCUT2D eigenvalue weighted by Crippen LogP contribution is 2.12. The van der Waals surface area contributed by atoms with Gasteiger partial charge in [-0.25, -0.2) is 5.43 Å². The van der Waals surface area contributed by atoms with Gasteiger partial charge >= 0.3 is 0 Å². The number of halogens is 1. The summed E-state index contributed by atoms with van der Waals surface area (Å²) in [6, 6.07) is 16.9. The molecule has 0 aliphatic rings. The predicted molar refractivity (Wildman–Crippen MR) is 86.4 cm³/mol. The Morgan fingerprint density at radius 3 is 2.67 bits per heavy atom. The van der Waals surface area contributed by atoms with Gasteiger partial charge < -0.3 is 4.74 Å². The number of carbonyl (C=O) groups is 1. The Bertz CT molecular complexity index is 642. The van der Waals surface area contributed by atoms with E-state index in [2.05, 4.69) is 26.5 Å². The molecule has 1 N–H and O–H groups in total. The number of hydrazone groups is 1. The third-order valence-electron chi connectivity index (χ3n) is 2.70. The summed E-state index contributed by atoms with van der Waals surface area (Å²) >= 11 is 3.40. The first-order chi connectivity index (χ1) is 10.1. The summed E-state index contributed by atoms with van der Waals surface area (Å²) in [6.45, 7) is 1.76. The predicted octanol–water partition coefficient (Wildman–Crippen LogP) is 3.37. The van der Waals surface area contributed by atoms with E-state index in [1.54, 1.807) is 12.1 Å². The molecule has 0 atom stereocenters. The Morgan fingerprint density at radius 1 is 1.19 bits per heavy atom. The van der Waals surface area contributed by atoms with Gasteiger partial charge in [0.05, 0.1) is 5.71 Å². The monoisotopic (exact) mass is 346 g/mol. The Kier molecular flexibility index (Phi) is 5.51. The van der Waals surface area contributed by atoms with Crippen LogP contribution < -0.4 is 10.2 Å². The number of ether oxygens (including phenoxy) is 1. The van der Waals surface area contributed by atoms with E-state index in [4.69, 9.17) is 4.74 Å². The summed E-state index contributed by atoms with van der Waals surface area (Å²) in [7, 11) is 0. The maximum absolute atomic E-state index is 11.7. The second kappa shape index (κ2) is 7.59. The zero-order valence-corrected chi connectivity index (χ0v) is 13.1. The molecule has 0 aliphatic heterocycles. The maximum Gasteiger partial charge on any atom is 0.277 e. The minimum atomic E-state index is -0.298. The molecule has 0 bridgehead atoms. The van der Waals surface area contributed by atoms with Crippen molar-refractivity contribution in [3.05, 3.63) is 64.6 Å². The van der Waals surface area contributed by atoms with Crippen molar-refractivity contribution >= 4 is 27.5 Å². The molecule has 0 aliphatic carbocycles. The Balaban J connectivity index is 1.87. The zero-order valence-electron chi connectivity index (χ0n) is 11.5. The maximum atomic E-state index is 11.7. The van der Waals surface area contributed by atoms with Gasteiger partial charge in [-0.2, -0.15) is 5.10 Å². The van der Waals surface area contributed by atoms with Gasteiger partial charge in [0, 0.05) is 4.47 Å². The van der Waals surface area contributed by atoms with Gasteiger partial charge in [-0.3, -0.25) is 4.79 Å². The number of nitrogens with one attached hydrogen (secondary N) is 1. The van der Waals surface area contributed by atoms with E-state index in [0.717, 1.165) is 15.7 Å². The molecule has 1 amide bonds. The standard InChI is InChI=1S/C16H15BrN2O2/c1-12(13-6-5-7-14(17)10-13)18-19-16(20)11-21-15-8-3-2-4-9-15/h2-10H,11H2,1H3,(H,19,20). The van der Waals surface area contributed by atoms with Gasteiger partial charge in [0.15, 0.2) is 6.61 Å². The van der Waals surface area contributed by atoms with Crippen molar-refractivity contribution < 1.29 is 9.53 Å². The molecule has 2 aromatic carbocycles. The highest BCUT2D eigenvalue weighted by Gasteiger charge is 2.03. The van der Waals surface area contributed by atoms with Crippen LogP contribution in [-0.4, -0.2) is 18.2 Å². The summed E-state index contributed by atoms with van der Waals surface area (Å²) in [5.74, 6) is 0.355. The third-order valence-corrected chi connectivity index (χ3v) is 3.20. The van der Waals surface area contributed by atoms with Crippen molar-refractivity contribution in [3.63, 3.8) is 0 Å². The molecule has 5 heteroatoms. The first-order valence-corrected chi connectivity index (χ1v) is 7.21. The fourth-order valence-electron chi connectivity index (χ4n) is 1.62. The van der Waals surface area contributed by atoms with E-state index in [0.29, 0.717) is 5.75 Å². The summed E-state index contributed by atoms with van der Waals surface area (Å²) in [4.78, 5) is 11.7. The van der Waals surface area contributed by atoms with Crippen LogP contribution in [0.25, 0.3) is 0 Å². The van der Waals surface area contributed by atoms with Crippen LogP contribution in [0.15, 0.2) is 64.2 Å². The molecule has 2 rings (SSSR count). The summed E-state index contributed by atoms with van der Waals surface area (Å²) in [5.41, 5.74) is 4.14. The number of benzene rings is 2. The largest absolute Gasteiger partial charge is 0.484 e. The highest BCUT2D eigenvalue weighted by molar-refractivity contribution is 9.10. The van der Waals surface area contributed by atoms with Crippen molar-refractivity contribution in [2.45, 2.75) is 6.92 Å². The van der Waals surface area contributed by atoms with Crippen molar-refractivity contribution in [1.82, 2.24) is 5.43 Å². The highest BCUT2D eigenvalue weighted by atomic mass is 79.9. The number of hydrogen-bond acceptors (Lipinski definition) is 3. The van der Waals surface area contributed by atoms with Crippen LogP contribution in [0, 0.1) is 0 Å². The zero-order chi connectivity index (χ0) is 15.1. The Morgan fingerprint density at radius 2 is 1.95 bits per heavy atom. The van der Waals surface area contributed by atoms with Gasteiger partial charge in [0.1, 0.15) is 5.75 Å². The molecular weight excluding hydrogens is 332 g/mol. The van der Waals surface area contributed by atoms with Crippen molar-refractivity contribution in [3.8, 4) is 5.75 Å². The second-order valence-electron chi connectivity index (χ2n) is 4.34. The fraction of sp³-hybridized carbons (Fsp3) is 0.125. The van der Waals surface area contributed by atoms with Crippen LogP contribution >= 0.6 is 15.9 Å². The van der Waals surface area contributed by atoms with Gasteiger partial charge in [0.25, 0.3) is 5.91 Å². The van der Waals surface area contributed by atoms with Gasteiger partial charge in [-0.05, 0) is 36.8 Å². The number of carbonyl (C=O) groups excluding carboxylic acids is 1. The molecule has 0 saturated carbocycles. The first-order valence-electron chi connectivity index (χ1n) is 6.42. The molecule has 0 spiro atoms. The minimum Gasteiger partial charge on any atom is -0.484 e. The lowest BCUT2D eigenvalue weighted by molar-refractivity contribution is -0.123. The van der Waals surface area contributed by atoms with Gasteiger partial charge in [0.2, 0.25) is 0 Å². The number of hydrogen-bond donors (Lipinski definition) is 1.